The van der Waals surface area contributed by atoms with Gasteiger partial charge in [-0.25, -0.2) is 4.39 Å². The van der Waals surface area contributed by atoms with E-state index in [1.54, 1.807) is 0 Å². The van der Waals surface area contributed by atoms with Crippen LogP contribution in [0, 0.1) is 67.5 Å². The van der Waals surface area contributed by atoms with Crippen molar-refractivity contribution in [3.05, 3.63) is 11.6 Å². The van der Waals surface area contributed by atoms with Crippen LogP contribution in [0.15, 0.2) is 11.6 Å². The summed E-state index contributed by atoms with van der Waals surface area (Å²) in [4.78, 5) is 40.9. The first-order valence-electron chi connectivity index (χ1n) is 15.5. The van der Waals surface area contributed by atoms with Gasteiger partial charge in [0.15, 0.2) is 5.78 Å². The van der Waals surface area contributed by atoms with Crippen molar-refractivity contribution >= 4 is 17.5 Å². The van der Waals surface area contributed by atoms with Crippen LogP contribution in [0.3, 0.4) is 0 Å². The number of carbonyl (C=O) groups is 3. The number of allylic oxidation sites excluding steroid dienone is 2. The summed E-state index contributed by atoms with van der Waals surface area (Å²) < 4.78 is 12.9. The Morgan fingerprint density at radius 2 is 1.68 bits per heavy atom. The molecule has 5 aliphatic carbocycles. The van der Waals surface area contributed by atoms with Gasteiger partial charge in [-0.2, -0.15) is 5.26 Å². The number of hydrogen-bond donors (Lipinski definition) is 1. The van der Waals surface area contributed by atoms with Crippen LogP contribution in [0.4, 0.5) is 4.39 Å². The van der Waals surface area contributed by atoms with Crippen LogP contribution in [-0.4, -0.2) is 30.7 Å². The minimum atomic E-state index is -0.640. The summed E-state index contributed by atoms with van der Waals surface area (Å²) in [5, 5.41) is 12.7. The number of fused-ring (bicyclic) bond motifs is 7. The lowest BCUT2D eigenvalue weighted by Crippen LogP contribution is -2.68. The van der Waals surface area contributed by atoms with Crippen molar-refractivity contribution in [1.82, 2.24) is 5.32 Å². The standard InChI is InChI=1S/C34H49FN2O3/c1-29(2)10-12-34(19-26(39)37-15-14-35)13-11-33(7)27(22(34)18-29)23(38)16-25-31(5)17-21(20-36)28(40)30(3,4)24(31)8-9-32(25,33)6/h17,22,24-25,27H,8-16,18-19H2,1-7H3,(H,37,39)/t22-,24+,25-,27+,31+,32-,33-,34+/m1/s1. The third kappa shape index (κ3) is 3.92. The van der Waals surface area contributed by atoms with E-state index in [9.17, 15) is 24.0 Å². The number of Topliss-reactive ketones (excluding diaryl/α,β-unsaturated/α-hetero) is 2. The predicted octanol–water partition coefficient (Wildman–Crippen LogP) is 6.76. The highest BCUT2D eigenvalue weighted by Crippen LogP contribution is 2.76. The first-order valence-corrected chi connectivity index (χ1v) is 15.5. The largest absolute Gasteiger partial charge is 0.353 e. The molecule has 5 aliphatic rings. The van der Waals surface area contributed by atoms with Crippen molar-refractivity contribution in [1.29, 1.82) is 5.26 Å². The normalized spacial score (nSPS) is 45.1. The molecule has 40 heavy (non-hydrogen) atoms. The van der Waals surface area contributed by atoms with Gasteiger partial charge in [0, 0.05) is 30.7 Å². The number of alkyl halides is 1. The van der Waals surface area contributed by atoms with Crippen LogP contribution in [0.2, 0.25) is 0 Å². The second kappa shape index (κ2) is 9.23. The molecular weight excluding hydrogens is 503 g/mol. The minimum Gasteiger partial charge on any atom is -0.353 e. The van der Waals surface area contributed by atoms with Crippen LogP contribution in [0.1, 0.15) is 106 Å². The topological polar surface area (TPSA) is 87.0 Å². The number of ketones is 2. The molecule has 5 rings (SSSR count). The molecule has 4 fully saturated rings. The Bertz CT molecular complexity index is 1200. The van der Waals surface area contributed by atoms with Gasteiger partial charge in [-0.05, 0) is 89.8 Å². The quantitative estimate of drug-likeness (QED) is 0.417. The maximum atomic E-state index is 14.6. The van der Waals surface area contributed by atoms with Crippen LogP contribution < -0.4 is 5.32 Å². The maximum absolute atomic E-state index is 14.6. The van der Waals surface area contributed by atoms with Gasteiger partial charge in [0.05, 0.1) is 5.57 Å². The Morgan fingerprint density at radius 1 is 1.00 bits per heavy atom. The summed E-state index contributed by atoms with van der Waals surface area (Å²) in [7, 11) is 0. The van der Waals surface area contributed by atoms with E-state index in [4.69, 9.17) is 0 Å². The number of nitriles is 1. The van der Waals surface area contributed by atoms with Crippen LogP contribution in [0.5, 0.6) is 0 Å². The molecule has 0 unspecified atom stereocenters. The fourth-order valence-corrected chi connectivity index (χ4v) is 11.3. The van der Waals surface area contributed by atoms with Crippen LogP contribution >= 0.6 is 0 Å². The van der Waals surface area contributed by atoms with Crippen LogP contribution in [0.25, 0.3) is 0 Å². The second-order valence-electron chi connectivity index (χ2n) is 16.3. The lowest BCUT2D eigenvalue weighted by molar-refractivity contribution is -0.223. The molecule has 5 nitrogen and oxygen atoms in total. The Kier molecular flexibility index (Phi) is 6.80. The molecule has 0 saturated heterocycles. The van der Waals surface area contributed by atoms with E-state index in [2.05, 4.69) is 46.0 Å². The number of nitrogens with one attached hydrogen (secondary N) is 1. The van der Waals surface area contributed by atoms with Gasteiger partial charge >= 0.3 is 0 Å². The lowest BCUT2D eigenvalue weighted by atomic mass is 9.31. The molecule has 6 heteroatoms. The number of rotatable bonds is 4. The van der Waals surface area contributed by atoms with Gasteiger partial charge in [-0.3, -0.25) is 14.4 Å². The van der Waals surface area contributed by atoms with Gasteiger partial charge in [-0.1, -0.05) is 54.5 Å². The molecule has 0 radical (unpaired) electrons. The van der Waals surface area contributed by atoms with E-state index in [-0.39, 0.29) is 69.1 Å². The lowest BCUT2D eigenvalue weighted by Gasteiger charge is -2.72. The van der Waals surface area contributed by atoms with E-state index in [1.807, 2.05) is 19.9 Å². The van der Waals surface area contributed by atoms with Crippen molar-refractivity contribution < 1.29 is 18.8 Å². The summed E-state index contributed by atoms with van der Waals surface area (Å²) >= 11 is 0. The van der Waals surface area contributed by atoms with Crippen molar-refractivity contribution in [2.75, 3.05) is 13.2 Å². The molecule has 0 aromatic carbocycles. The van der Waals surface area contributed by atoms with Gasteiger partial charge in [0.1, 0.15) is 18.5 Å². The highest BCUT2D eigenvalue weighted by atomic mass is 19.1. The average Bonchev–Trinajstić information content (AvgIpc) is 2.87. The Morgan fingerprint density at radius 3 is 2.33 bits per heavy atom. The molecule has 1 N–H and O–H groups in total. The second-order valence-corrected chi connectivity index (χ2v) is 16.3. The summed E-state index contributed by atoms with van der Waals surface area (Å²) in [5.74, 6) is 0.306. The zero-order chi connectivity index (χ0) is 29.5. The van der Waals surface area contributed by atoms with Gasteiger partial charge in [-0.15, -0.1) is 0 Å². The molecule has 0 heterocycles. The third-order valence-electron chi connectivity index (χ3n) is 13.6. The fourth-order valence-electron chi connectivity index (χ4n) is 11.3. The Hall–Kier alpha value is -2.03. The van der Waals surface area contributed by atoms with Gasteiger partial charge in [0.2, 0.25) is 5.91 Å². The molecule has 1 amide bonds. The van der Waals surface area contributed by atoms with E-state index in [1.165, 1.54) is 0 Å². The predicted molar refractivity (Wildman–Crippen MR) is 153 cm³/mol. The molecule has 4 saturated carbocycles. The fraction of sp³-hybridized carbons (Fsp3) is 0.824. The molecule has 0 bridgehead atoms. The Labute approximate surface area is 240 Å². The molecular formula is C34H49FN2O3. The van der Waals surface area contributed by atoms with Crippen LogP contribution in [-0.2, 0) is 14.4 Å². The van der Waals surface area contributed by atoms with Gasteiger partial charge < -0.3 is 5.32 Å². The third-order valence-corrected chi connectivity index (χ3v) is 13.6. The number of hydrogen-bond acceptors (Lipinski definition) is 4. The molecule has 220 valence electrons. The summed E-state index contributed by atoms with van der Waals surface area (Å²) in [6.45, 7) is 15.0. The molecule has 0 aromatic rings. The van der Waals surface area contributed by atoms with E-state index in [0.717, 1.165) is 44.9 Å². The maximum Gasteiger partial charge on any atom is 0.220 e. The first-order chi connectivity index (χ1) is 18.5. The molecule has 0 spiro atoms. The monoisotopic (exact) mass is 552 g/mol. The zero-order valence-corrected chi connectivity index (χ0v) is 25.7. The number of halogens is 1. The van der Waals surface area contributed by atoms with E-state index in [0.29, 0.717) is 18.6 Å². The minimum absolute atomic E-state index is 0.0434. The SMILES string of the molecule is CC1(C)CC[C@@]2(CC(=O)NCCF)CC[C@]3(C)[C@H](C(=O)C[C@@H]4[C@@]5(C)C=C(C#N)C(=O)C(C)(C)[C@@H]5CC[C@]43C)[C@H]2C1. The number of amides is 1. The Balaban J connectivity index is 1.58. The highest BCUT2D eigenvalue weighted by molar-refractivity contribution is 6.04. The van der Waals surface area contributed by atoms with E-state index < -0.39 is 17.5 Å². The number of nitrogens with zero attached hydrogens (tertiary/aromatic N) is 1. The summed E-state index contributed by atoms with van der Waals surface area (Å²) in [6, 6.07) is 2.20. The zero-order valence-electron chi connectivity index (χ0n) is 25.7. The molecule has 0 aromatic heterocycles. The summed E-state index contributed by atoms with van der Waals surface area (Å²) in [5.41, 5.74) is -1.29. The first kappa shape index (κ1) is 29.5. The van der Waals surface area contributed by atoms with Crippen molar-refractivity contribution in [2.24, 2.45) is 56.2 Å². The van der Waals surface area contributed by atoms with E-state index >= 15 is 0 Å². The van der Waals surface area contributed by atoms with Crippen molar-refractivity contribution in [2.45, 2.75) is 106 Å². The smallest absolute Gasteiger partial charge is 0.220 e. The molecule has 0 aliphatic heterocycles. The van der Waals surface area contributed by atoms with Gasteiger partial charge in [0.25, 0.3) is 0 Å². The van der Waals surface area contributed by atoms with Crippen molar-refractivity contribution in [3.8, 4) is 6.07 Å². The molecule has 8 atom stereocenters. The average molecular weight is 553 g/mol. The highest BCUT2D eigenvalue weighted by Gasteiger charge is 2.72. The van der Waals surface area contributed by atoms with Crippen molar-refractivity contribution in [3.63, 3.8) is 0 Å². The summed E-state index contributed by atoms with van der Waals surface area (Å²) in [6.07, 6.45) is 9.34. The number of carbonyl (C=O) groups excluding carboxylic acids is 3.